The van der Waals surface area contributed by atoms with Crippen molar-refractivity contribution >= 4 is 0 Å². The van der Waals surface area contributed by atoms with Crippen molar-refractivity contribution in [3.8, 4) is 0 Å². The van der Waals surface area contributed by atoms with Crippen LogP contribution in [0.2, 0.25) is 0 Å². The minimum atomic E-state index is -1.19. The zero-order valence-corrected chi connectivity index (χ0v) is 7.53. The van der Waals surface area contributed by atoms with E-state index in [0.717, 1.165) is 6.07 Å². The molecule has 0 aromatic heterocycles. The summed E-state index contributed by atoms with van der Waals surface area (Å²) in [5.74, 6) is -2.99. The van der Waals surface area contributed by atoms with Crippen LogP contribution in [0.25, 0.3) is 0 Å². The average molecular weight is 203 g/mol. The molecule has 0 heterocycles. The van der Waals surface area contributed by atoms with E-state index in [0.29, 0.717) is 18.9 Å². The predicted octanol–water partition coefficient (Wildman–Crippen LogP) is 2.86. The molecule has 77 valence electrons. The van der Waals surface area contributed by atoms with Crippen LogP contribution in [-0.2, 0) is 11.5 Å². The highest BCUT2D eigenvalue weighted by molar-refractivity contribution is 5.20. The minimum absolute atomic E-state index is 0.123. The van der Waals surface area contributed by atoms with Gasteiger partial charge in [-0.25, -0.2) is 18.3 Å². The summed E-state index contributed by atoms with van der Waals surface area (Å²) in [6.45, 7) is -0.231. The van der Waals surface area contributed by atoms with Gasteiger partial charge in [0.25, 0.3) is 0 Å². The molecule has 0 atom stereocenters. The van der Waals surface area contributed by atoms with E-state index in [1.807, 2.05) is 0 Å². The van der Waals surface area contributed by atoms with Crippen LogP contribution in [0.5, 0.6) is 0 Å². The standard InChI is InChI=1S/C10H10F3O/c11-8-6-10(13)9(12)5-7(8)3-1-2-4-14/h5-6H,1-4H2. The van der Waals surface area contributed by atoms with Crippen LogP contribution < -0.4 is 0 Å². The van der Waals surface area contributed by atoms with Gasteiger partial charge in [0.15, 0.2) is 11.6 Å². The molecule has 4 heteroatoms. The SMILES string of the molecule is [O]CCCCc1cc(F)c(F)cc1F. The summed E-state index contributed by atoms with van der Waals surface area (Å²) in [5.41, 5.74) is 0.123. The third-order valence-electron chi connectivity index (χ3n) is 1.93. The Hall–Kier alpha value is -1.03. The molecule has 0 aliphatic heterocycles. The Kier molecular flexibility index (Phi) is 3.95. The van der Waals surface area contributed by atoms with Crippen LogP contribution in [-0.4, -0.2) is 6.61 Å². The monoisotopic (exact) mass is 203 g/mol. The lowest BCUT2D eigenvalue weighted by Crippen LogP contribution is -1.96. The van der Waals surface area contributed by atoms with E-state index < -0.39 is 17.5 Å². The number of rotatable bonds is 4. The van der Waals surface area contributed by atoms with Crippen LogP contribution in [0.1, 0.15) is 18.4 Å². The highest BCUT2D eigenvalue weighted by atomic mass is 19.2. The smallest absolute Gasteiger partial charge is 0.161 e. The molecular weight excluding hydrogens is 193 g/mol. The fourth-order valence-electron chi connectivity index (χ4n) is 1.17. The van der Waals surface area contributed by atoms with Crippen molar-refractivity contribution in [1.82, 2.24) is 0 Å². The zero-order valence-electron chi connectivity index (χ0n) is 7.53. The lowest BCUT2D eigenvalue weighted by molar-refractivity contribution is 0.187. The second-order valence-electron chi connectivity index (χ2n) is 3.02. The van der Waals surface area contributed by atoms with Crippen molar-refractivity contribution in [2.75, 3.05) is 6.61 Å². The van der Waals surface area contributed by atoms with E-state index in [2.05, 4.69) is 0 Å². The summed E-state index contributed by atoms with van der Waals surface area (Å²) in [6, 6.07) is 1.37. The van der Waals surface area contributed by atoms with Crippen LogP contribution in [0.4, 0.5) is 13.2 Å². The van der Waals surface area contributed by atoms with E-state index in [1.165, 1.54) is 0 Å². The van der Waals surface area contributed by atoms with E-state index in [4.69, 9.17) is 0 Å². The molecule has 1 aromatic carbocycles. The Morgan fingerprint density at radius 1 is 0.929 bits per heavy atom. The minimum Gasteiger partial charge on any atom is -0.237 e. The van der Waals surface area contributed by atoms with E-state index >= 15 is 0 Å². The number of unbranched alkanes of at least 4 members (excludes halogenated alkanes) is 1. The number of benzene rings is 1. The molecule has 1 rings (SSSR count). The van der Waals surface area contributed by atoms with Crippen LogP contribution in [0.15, 0.2) is 12.1 Å². The third-order valence-corrected chi connectivity index (χ3v) is 1.93. The molecule has 1 radical (unpaired) electrons. The fourth-order valence-corrected chi connectivity index (χ4v) is 1.17. The lowest BCUT2D eigenvalue weighted by Gasteiger charge is -2.02. The molecule has 0 amide bonds. The van der Waals surface area contributed by atoms with Crippen molar-refractivity contribution in [3.05, 3.63) is 35.1 Å². The zero-order chi connectivity index (χ0) is 10.6. The highest BCUT2D eigenvalue weighted by Crippen LogP contribution is 2.15. The molecule has 1 nitrogen and oxygen atoms in total. The van der Waals surface area contributed by atoms with E-state index in [-0.39, 0.29) is 18.6 Å². The van der Waals surface area contributed by atoms with Gasteiger partial charge in [-0.05, 0) is 30.9 Å². The number of hydrogen-bond donors (Lipinski definition) is 0. The molecule has 1 aromatic rings. The van der Waals surface area contributed by atoms with Crippen molar-refractivity contribution in [2.24, 2.45) is 0 Å². The molecule has 0 fully saturated rings. The number of halogens is 3. The number of aryl methyl sites for hydroxylation is 1. The Morgan fingerprint density at radius 3 is 2.21 bits per heavy atom. The molecule has 0 spiro atoms. The van der Waals surface area contributed by atoms with Crippen molar-refractivity contribution < 1.29 is 18.3 Å². The second kappa shape index (κ2) is 5.00. The number of hydrogen-bond acceptors (Lipinski definition) is 0. The van der Waals surface area contributed by atoms with Gasteiger partial charge in [-0.15, -0.1) is 0 Å². The summed E-state index contributed by atoms with van der Waals surface area (Å²) in [7, 11) is 0. The largest absolute Gasteiger partial charge is 0.237 e. The fraction of sp³-hybridized carbons (Fsp3) is 0.400. The van der Waals surface area contributed by atoms with Gasteiger partial charge in [0.05, 0.1) is 6.61 Å². The van der Waals surface area contributed by atoms with Gasteiger partial charge in [0.1, 0.15) is 5.82 Å². The summed E-state index contributed by atoms with van der Waals surface area (Å²) >= 11 is 0. The van der Waals surface area contributed by atoms with Gasteiger partial charge in [0.2, 0.25) is 0 Å². The summed E-state index contributed by atoms with van der Waals surface area (Å²) in [6.07, 6.45) is 1.18. The maximum atomic E-state index is 13.0. The topological polar surface area (TPSA) is 19.9 Å². The summed E-state index contributed by atoms with van der Waals surface area (Å²) in [4.78, 5) is 0. The van der Waals surface area contributed by atoms with Gasteiger partial charge >= 0.3 is 0 Å². The van der Waals surface area contributed by atoms with Crippen molar-refractivity contribution in [1.29, 1.82) is 0 Å². The van der Waals surface area contributed by atoms with Crippen LogP contribution >= 0.6 is 0 Å². The molecular formula is C10H10F3O. The normalized spacial score (nSPS) is 10.6. The molecule has 0 saturated heterocycles. The molecule has 0 unspecified atom stereocenters. The molecule has 0 saturated carbocycles. The second-order valence-corrected chi connectivity index (χ2v) is 3.02. The van der Waals surface area contributed by atoms with Gasteiger partial charge in [-0.1, -0.05) is 0 Å². The first-order valence-corrected chi connectivity index (χ1v) is 4.36. The van der Waals surface area contributed by atoms with Gasteiger partial charge < -0.3 is 0 Å². The van der Waals surface area contributed by atoms with E-state index in [9.17, 15) is 18.3 Å². The Labute approximate surface area is 80.2 Å². The van der Waals surface area contributed by atoms with Gasteiger partial charge in [0, 0.05) is 6.07 Å². The molecule has 0 N–H and O–H groups in total. The van der Waals surface area contributed by atoms with Crippen LogP contribution in [0.3, 0.4) is 0 Å². The van der Waals surface area contributed by atoms with Crippen LogP contribution in [0, 0.1) is 17.5 Å². The Bertz CT molecular complexity index is 312. The summed E-state index contributed by atoms with van der Waals surface area (Å²) < 4.78 is 38.1. The first-order valence-electron chi connectivity index (χ1n) is 4.36. The Balaban J connectivity index is 2.72. The van der Waals surface area contributed by atoms with Crippen molar-refractivity contribution in [2.45, 2.75) is 19.3 Å². The predicted molar refractivity (Wildman–Crippen MR) is 44.8 cm³/mol. The molecule has 0 aliphatic rings. The van der Waals surface area contributed by atoms with Crippen molar-refractivity contribution in [3.63, 3.8) is 0 Å². The molecule has 0 aliphatic carbocycles. The first-order chi connectivity index (χ1) is 6.65. The highest BCUT2D eigenvalue weighted by Gasteiger charge is 2.08. The maximum absolute atomic E-state index is 13.0. The summed E-state index contributed by atoms with van der Waals surface area (Å²) in [5, 5.41) is 10.1. The molecule has 14 heavy (non-hydrogen) atoms. The average Bonchev–Trinajstić information content (AvgIpc) is 2.14. The quantitative estimate of drug-likeness (QED) is 0.529. The molecule has 0 bridgehead atoms. The van der Waals surface area contributed by atoms with Gasteiger partial charge in [-0.2, -0.15) is 0 Å². The Morgan fingerprint density at radius 2 is 1.57 bits per heavy atom. The maximum Gasteiger partial charge on any atom is 0.161 e. The first kappa shape index (κ1) is 11.0. The van der Waals surface area contributed by atoms with E-state index in [1.54, 1.807) is 0 Å². The van der Waals surface area contributed by atoms with Gasteiger partial charge in [-0.3, -0.25) is 0 Å². The third kappa shape index (κ3) is 2.73. The lowest BCUT2D eigenvalue weighted by atomic mass is 10.1.